The molecule has 2 N–H and O–H groups in total. The molecule has 152 valence electrons. The van der Waals surface area contributed by atoms with Crippen molar-refractivity contribution in [2.45, 2.75) is 19.9 Å². The van der Waals surface area contributed by atoms with Gasteiger partial charge in [0.25, 0.3) is 0 Å². The van der Waals surface area contributed by atoms with Gasteiger partial charge in [0.2, 0.25) is 0 Å². The van der Waals surface area contributed by atoms with Crippen molar-refractivity contribution in [3.05, 3.63) is 60.2 Å². The standard InChI is InChI=1S/C22H30N4O.HI/c1-3-23-22(24-15-18-9-11-21(27-2)12-10-18)25-16-19-13-14-26(17-19)20-7-5-4-6-8-20;/h4-12,19H,3,13-17H2,1-2H3,(H2,23,24,25);1H. The molecule has 0 aromatic heterocycles. The van der Waals surface area contributed by atoms with Crippen LogP contribution in [-0.2, 0) is 6.54 Å². The van der Waals surface area contributed by atoms with Crippen LogP contribution >= 0.6 is 24.0 Å². The number of nitrogens with zero attached hydrogens (tertiary/aromatic N) is 2. The number of methoxy groups -OCH3 is 1. The van der Waals surface area contributed by atoms with E-state index >= 15 is 0 Å². The van der Waals surface area contributed by atoms with Crippen LogP contribution in [0, 0.1) is 5.92 Å². The van der Waals surface area contributed by atoms with Crippen LogP contribution in [0.2, 0.25) is 0 Å². The number of hydrogen-bond donors (Lipinski definition) is 2. The highest BCUT2D eigenvalue weighted by molar-refractivity contribution is 14.0. The number of nitrogens with one attached hydrogen (secondary N) is 2. The van der Waals surface area contributed by atoms with E-state index in [1.165, 1.54) is 17.7 Å². The largest absolute Gasteiger partial charge is 0.497 e. The summed E-state index contributed by atoms with van der Waals surface area (Å²) in [6.07, 6.45) is 1.21. The predicted octanol–water partition coefficient (Wildman–Crippen LogP) is 3.89. The molecule has 1 heterocycles. The van der Waals surface area contributed by atoms with Gasteiger partial charge in [-0.1, -0.05) is 30.3 Å². The Balaban J connectivity index is 0.00000280. The van der Waals surface area contributed by atoms with Gasteiger partial charge in [0.15, 0.2) is 5.96 Å². The number of halogens is 1. The molecule has 0 amide bonds. The fraction of sp³-hybridized carbons (Fsp3) is 0.409. The molecule has 3 rings (SSSR count). The third kappa shape index (κ3) is 6.58. The lowest BCUT2D eigenvalue weighted by atomic mass is 10.1. The highest BCUT2D eigenvalue weighted by Crippen LogP contribution is 2.22. The van der Waals surface area contributed by atoms with Crippen molar-refractivity contribution in [2.75, 3.05) is 38.2 Å². The van der Waals surface area contributed by atoms with Crippen molar-refractivity contribution < 1.29 is 4.74 Å². The quantitative estimate of drug-likeness (QED) is 0.349. The Bertz CT molecular complexity index is 721. The van der Waals surface area contributed by atoms with E-state index in [2.05, 4.69) is 64.9 Å². The average Bonchev–Trinajstić information content (AvgIpc) is 3.20. The number of ether oxygens (including phenoxy) is 1. The van der Waals surface area contributed by atoms with E-state index in [0.29, 0.717) is 12.5 Å². The zero-order valence-corrected chi connectivity index (χ0v) is 19.1. The first kappa shape index (κ1) is 22.3. The molecule has 0 spiro atoms. The molecule has 1 aliphatic heterocycles. The summed E-state index contributed by atoms with van der Waals surface area (Å²) in [7, 11) is 1.68. The SMILES string of the molecule is CCNC(=NCc1ccc(OC)cc1)NCC1CCN(c2ccccc2)C1.I. The molecule has 1 saturated heterocycles. The highest BCUT2D eigenvalue weighted by Gasteiger charge is 2.22. The number of benzene rings is 2. The zero-order valence-electron chi connectivity index (χ0n) is 16.7. The first-order chi connectivity index (χ1) is 13.3. The summed E-state index contributed by atoms with van der Waals surface area (Å²) < 4.78 is 5.20. The Kier molecular flexibility index (Phi) is 9.40. The van der Waals surface area contributed by atoms with Crippen LogP contribution in [-0.4, -0.2) is 39.2 Å². The van der Waals surface area contributed by atoms with Crippen molar-refractivity contribution in [3.63, 3.8) is 0 Å². The fourth-order valence-corrected chi connectivity index (χ4v) is 3.36. The minimum atomic E-state index is 0. The summed E-state index contributed by atoms with van der Waals surface area (Å²) in [5.74, 6) is 2.39. The first-order valence-electron chi connectivity index (χ1n) is 9.73. The molecule has 1 atom stereocenters. The molecule has 2 aromatic rings. The maximum atomic E-state index is 5.20. The molecule has 0 aliphatic carbocycles. The van der Waals surface area contributed by atoms with Gasteiger partial charge in [-0.25, -0.2) is 4.99 Å². The monoisotopic (exact) mass is 494 g/mol. The predicted molar refractivity (Wildman–Crippen MR) is 128 cm³/mol. The van der Waals surface area contributed by atoms with E-state index in [-0.39, 0.29) is 24.0 Å². The second kappa shape index (κ2) is 11.8. The number of rotatable bonds is 7. The summed E-state index contributed by atoms with van der Waals surface area (Å²) >= 11 is 0. The molecule has 0 saturated carbocycles. The highest BCUT2D eigenvalue weighted by atomic mass is 127. The Morgan fingerprint density at radius 3 is 2.54 bits per heavy atom. The zero-order chi connectivity index (χ0) is 18.9. The van der Waals surface area contributed by atoms with Gasteiger partial charge in [0.05, 0.1) is 13.7 Å². The van der Waals surface area contributed by atoms with Crippen molar-refractivity contribution in [1.82, 2.24) is 10.6 Å². The summed E-state index contributed by atoms with van der Waals surface area (Å²) in [6, 6.07) is 18.7. The van der Waals surface area contributed by atoms with Crippen LogP contribution in [0.25, 0.3) is 0 Å². The smallest absolute Gasteiger partial charge is 0.191 e. The van der Waals surface area contributed by atoms with Crippen molar-refractivity contribution >= 4 is 35.6 Å². The van der Waals surface area contributed by atoms with E-state index in [4.69, 9.17) is 9.73 Å². The second-order valence-electron chi connectivity index (χ2n) is 6.86. The van der Waals surface area contributed by atoms with Gasteiger partial charge in [-0.3, -0.25) is 0 Å². The van der Waals surface area contributed by atoms with Gasteiger partial charge in [-0.05, 0) is 49.1 Å². The maximum absolute atomic E-state index is 5.20. The second-order valence-corrected chi connectivity index (χ2v) is 6.86. The summed E-state index contributed by atoms with van der Waals surface area (Å²) in [5, 5.41) is 6.86. The van der Waals surface area contributed by atoms with Crippen LogP contribution in [0.3, 0.4) is 0 Å². The molecule has 28 heavy (non-hydrogen) atoms. The van der Waals surface area contributed by atoms with Gasteiger partial charge in [0, 0.05) is 31.9 Å². The topological polar surface area (TPSA) is 48.9 Å². The van der Waals surface area contributed by atoms with Crippen LogP contribution in [0.5, 0.6) is 5.75 Å². The van der Waals surface area contributed by atoms with Crippen LogP contribution in [0.15, 0.2) is 59.6 Å². The van der Waals surface area contributed by atoms with Crippen molar-refractivity contribution in [2.24, 2.45) is 10.9 Å². The Hall–Kier alpha value is -1.96. The first-order valence-corrected chi connectivity index (χ1v) is 9.73. The minimum absolute atomic E-state index is 0. The lowest BCUT2D eigenvalue weighted by Gasteiger charge is -2.19. The Morgan fingerprint density at radius 2 is 1.86 bits per heavy atom. The molecule has 6 heteroatoms. The normalized spacial score (nSPS) is 16.4. The van der Waals surface area contributed by atoms with E-state index < -0.39 is 0 Å². The van der Waals surface area contributed by atoms with E-state index in [9.17, 15) is 0 Å². The van der Waals surface area contributed by atoms with Crippen molar-refractivity contribution in [1.29, 1.82) is 0 Å². The van der Waals surface area contributed by atoms with Gasteiger partial charge < -0.3 is 20.3 Å². The Morgan fingerprint density at radius 1 is 1.11 bits per heavy atom. The van der Waals surface area contributed by atoms with Gasteiger partial charge >= 0.3 is 0 Å². The number of aliphatic imine (C=N–C) groups is 1. The molecular formula is C22H31IN4O. The molecule has 0 radical (unpaired) electrons. The van der Waals surface area contributed by atoms with E-state index in [0.717, 1.165) is 37.9 Å². The third-order valence-electron chi connectivity index (χ3n) is 4.89. The third-order valence-corrected chi connectivity index (χ3v) is 4.89. The number of anilines is 1. The van der Waals surface area contributed by atoms with Gasteiger partial charge in [0.1, 0.15) is 5.75 Å². The van der Waals surface area contributed by atoms with Crippen LogP contribution < -0.4 is 20.3 Å². The average molecular weight is 494 g/mol. The summed E-state index contributed by atoms with van der Waals surface area (Å²) in [5.41, 5.74) is 2.49. The fourth-order valence-electron chi connectivity index (χ4n) is 3.36. The van der Waals surface area contributed by atoms with Gasteiger partial charge in [-0.2, -0.15) is 0 Å². The number of hydrogen-bond acceptors (Lipinski definition) is 3. The molecule has 1 aliphatic rings. The number of guanidine groups is 1. The summed E-state index contributed by atoms with van der Waals surface area (Å²) in [4.78, 5) is 7.18. The molecule has 5 nitrogen and oxygen atoms in total. The molecule has 1 unspecified atom stereocenters. The molecule has 2 aromatic carbocycles. The maximum Gasteiger partial charge on any atom is 0.191 e. The van der Waals surface area contributed by atoms with Crippen LogP contribution in [0.4, 0.5) is 5.69 Å². The summed E-state index contributed by atoms with van der Waals surface area (Å²) in [6.45, 7) is 6.76. The van der Waals surface area contributed by atoms with E-state index in [1.54, 1.807) is 7.11 Å². The lowest BCUT2D eigenvalue weighted by Crippen LogP contribution is -2.40. The molecule has 0 bridgehead atoms. The lowest BCUT2D eigenvalue weighted by molar-refractivity contribution is 0.414. The van der Waals surface area contributed by atoms with Crippen LogP contribution in [0.1, 0.15) is 18.9 Å². The van der Waals surface area contributed by atoms with Crippen molar-refractivity contribution in [3.8, 4) is 5.75 Å². The van der Waals surface area contributed by atoms with Gasteiger partial charge in [-0.15, -0.1) is 24.0 Å². The van der Waals surface area contributed by atoms with E-state index in [1.807, 2.05) is 12.1 Å². The number of para-hydroxylation sites is 1. The molecular weight excluding hydrogens is 463 g/mol. The Labute approximate surface area is 185 Å². The minimum Gasteiger partial charge on any atom is -0.497 e. The molecule has 1 fully saturated rings.